The van der Waals surface area contributed by atoms with Crippen molar-refractivity contribution in [2.75, 3.05) is 27.9 Å². The molecular weight excluding hydrogens is 442 g/mol. The van der Waals surface area contributed by atoms with Crippen LogP contribution in [0.1, 0.15) is 28.5 Å². The van der Waals surface area contributed by atoms with Crippen molar-refractivity contribution in [1.29, 1.82) is 0 Å². The van der Waals surface area contributed by atoms with Crippen molar-refractivity contribution in [2.45, 2.75) is 12.5 Å². The molecule has 0 saturated heterocycles. The van der Waals surface area contributed by atoms with Crippen molar-refractivity contribution in [3.8, 4) is 22.8 Å². The van der Waals surface area contributed by atoms with Crippen LogP contribution in [0, 0.1) is 0 Å². The topological polar surface area (TPSA) is 129 Å². The van der Waals surface area contributed by atoms with Crippen molar-refractivity contribution in [1.82, 2.24) is 15.8 Å². The third-order valence-corrected chi connectivity index (χ3v) is 4.95. The minimum Gasteiger partial charge on any atom is -0.493 e. The number of hydrogen-bond acceptors (Lipinski definition) is 8. The van der Waals surface area contributed by atoms with Gasteiger partial charge in [-0.3, -0.25) is 14.4 Å². The van der Waals surface area contributed by atoms with E-state index in [1.807, 2.05) is 30.3 Å². The summed E-state index contributed by atoms with van der Waals surface area (Å²) in [6.07, 6.45) is -0.116. The largest absolute Gasteiger partial charge is 0.493 e. The van der Waals surface area contributed by atoms with Gasteiger partial charge in [0.05, 0.1) is 40.3 Å². The molecule has 0 radical (unpaired) electrons. The summed E-state index contributed by atoms with van der Waals surface area (Å²) in [5, 5.41) is 8.98. The number of carbonyl (C=O) groups excluding carboxylic acids is 3. The van der Waals surface area contributed by atoms with Crippen molar-refractivity contribution in [2.24, 2.45) is 0 Å². The van der Waals surface area contributed by atoms with Crippen molar-refractivity contribution >= 4 is 17.8 Å². The van der Waals surface area contributed by atoms with E-state index < -0.39 is 23.8 Å². The van der Waals surface area contributed by atoms with E-state index in [0.717, 1.165) is 5.56 Å². The lowest BCUT2D eigenvalue weighted by atomic mass is 10.0. The molecule has 2 amide bonds. The minimum atomic E-state index is -0.714. The number of carbonyl (C=O) groups is 3. The molecule has 1 heterocycles. The lowest BCUT2D eigenvalue weighted by Gasteiger charge is -2.20. The molecule has 0 aliphatic rings. The van der Waals surface area contributed by atoms with E-state index in [-0.39, 0.29) is 18.7 Å². The molecule has 1 atom stereocenters. The Bertz CT molecular complexity index is 1140. The molecule has 3 aromatic rings. The van der Waals surface area contributed by atoms with Gasteiger partial charge in [-0.05, 0) is 17.7 Å². The summed E-state index contributed by atoms with van der Waals surface area (Å²) in [5.74, 6) is -0.218. The standard InChI is InChI=1S/C24H25N3O7/c1-31-19-10-9-16(11-21(19)32-2)17(13-23(29)33-3)26-22(28)14-25-24(30)18-12-20(34-27-18)15-7-5-4-6-8-15/h4-12,17H,13-14H2,1-3H3,(H,25,30)(H,26,28). The Morgan fingerprint density at radius 2 is 1.71 bits per heavy atom. The summed E-state index contributed by atoms with van der Waals surface area (Å²) >= 11 is 0. The first kappa shape index (κ1) is 24.3. The Morgan fingerprint density at radius 3 is 2.38 bits per heavy atom. The summed E-state index contributed by atoms with van der Waals surface area (Å²) in [6, 6.07) is 15.0. The van der Waals surface area contributed by atoms with Gasteiger partial charge in [-0.1, -0.05) is 41.6 Å². The zero-order valence-electron chi connectivity index (χ0n) is 19.0. The molecule has 178 valence electrons. The Morgan fingerprint density at radius 1 is 0.971 bits per heavy atom. The number of ether oxygens (including phenoxy) is 3. The molecular formula is C24H25N3O7. The number of amides is 2. The normalized spacial score (nSPS) is 11.3. The molecule has 1 aromatic heterocycles. The molecule has 0 bridgehead atoms. The highest BCUT2D eigenvalue weighted by atomic mass is 16.5. The van der Waals surface area contributed by atoms with Crippen LogP contribution in [0.3, 0.4) is 0 Å². The number of nitrogens with one attached hydrogen (secondary N) is 2. The quantitative estimate of drug-likeness (QED) is 0.435. The van der Waals surface area contributed by atoms with E-state index in [9.17, 15) is 14.4 Å². The highest BCUT2D eigenvalue weighted by molar-refractivity contribution is 5.95. The van der Waals surface area contributed by atoms with Crippen LogP contribution < -0.4 is 20.1 Å². The molecule has 0 aliphatic heterocycles. The number of esters is 1. The summed E-state index contributed by atoms with van der Waals surface area (Å²) < 4.78 is 20.5. The third kappa shape index (κ3) is 6.12. The first-order valence-corrected chi connectivity index (χ1v) is 10.3. The van der Waals surface area contributed by atoms with Crippen molar-refractivity contribution in [3.63, 3.8) is 0 Å². The van der Waals surface area contributed by atoms with Gasteiger partial charge in [0.25, 0.3) is 5.91 Å². The second-order valence-electron chi connectivity index (χ2n) is 7.14. The third-order valence-electron chi connectivity index (χ3n) is 4.95. The Labute approximate surface area is 196 Å². The SMILES string of the molecule is COC(=O)CC(NC(=O)CNC(=O)c1cc(-c2ccccc2)on1)c1ccc(OC)c(OC)c1. The van der Waals surface area contributed by atoms with Crippen LogP contribution in [-0.2, 0) is 14.3 Å². The summed E-state index contributed by atoms with van der Waals surface area (Å²) in [4.78, 5) is 36.9. The number of rotatable bonds is 10. The Hall–Kier alpha value is -4.34. The number of hydrogen-bond donors (Lipinski definition) is 2. The molecule has 10 heteroatoms. The maximum Gasteiger partial charge on any atom is 0.307 e. The van der Waals surface area contributed by atoms with E-state index in [1.165, 1.54) is 27.4 Å². The van der Waals surface area contributed by atoms with Crippen LogP contribution >= 0.6 is 0 Å². The van der Waals surface area contributed by atoms with Crippen LogP contribution in [0.2, 0.25) is 0 Å². The molecule has 3 rings (SSSR count). The van der Waals surface area contributed by atoms with E-state index in [2.05, 4.69) is 15.8 Å². The lowest BCUT2D eigenvalue weighted by molar-refractivity contribution is -0.141. The lowest BCUT2D eigenvalue weighted by Crippen LogP contribution is -2.39. The number of nitrogens with zero attached hydrogens (tertiary/aromatic N) is 1. The smallest absolute Gasteiger partial charge is 0.307 e. The zero-order chi connectivity index (χ0) is 24.5. The predicted octanol–water partition coefficient (Wildman–Crippen LogP) is 2.51. The number of methoxy groups -OCH3 is 3. The monoisotopic (exact) mass is 467 g/mol. The van der Waals surface area contributed by atoms with Gasteiger partial charge < -0.3 is 29.4 Å². The summed E-state index contributed by atoms with van der Waals surface area (Å²) in [6.45, 7) is -0.336. The van der Waals surface area contributed by atoms with Crippen LogP contribution in [0.5, 0.6) is 11.5 Å². The van der Waals surface area contributed by atoms with Crippen molar-refractivity contribution in [3.05, 3.63) is 65.9 Å². The van der Waals surface area contributed by atoms with Crippen LogP contribution in [-0.4, -0.2) is 50.8 Å². The van der Waals surface area contributed by atoms with Gasteiger partial charge in [0, 0.05) is 11.6 Å². The van der Waals surface area contributed by atoms with Gasteiger partial charge in [-0.25, -0.2) is 0 Å². The molecule has 1 unspecified atom stereocenters. The zero-order valence-corrected chi connectivity index (χ0v) is 19.0. The van der Waals surface area contributed by atoms with Crippen LogP contribution in [0.25, 0.3) is 11.3 Å². The minimum absolute atomic E-state index is 0.0395. The highest BCUT2D eigenvalue weighted by Crippen LogP contribution is 2.31. The van der Waals surface area contributed by atoms with E-state index in [1.54, 1.807) is 18.2 Å². The molecule has 0 saturated carbocycles. The Balaban J connectivity index is 1.65. The average molecular weight is 467 g/mol. The van der Waals surface area contributed by atoms with Gasteiger partial charge in [-0.2, -0.15) is 0 Å². The van der Waals surface area contributed by atoms with E-state index in [4.69, 9.17) is 18.7 Å². The second kappa shape index (κ2) is 11.5. The van der Waals surface area contributed by atoms with Gasteiger partial charge in [0.2, 0.25) is 5.91 Å². The van der Waals surface area contributed by atoms with Gasteiger partial charge >= 0.3 is 5.97 Å². The molecule has 0 spiro atoms. The van der Waals surface area contributed by atoms with Gasteiger partial charge in [0.15, 0.2) is 23.0 Å². The molecule has 10 nitrogen and oxygen atoms in total. The first-order valence-electron chi connectivity index (χ1n) is 10.3. The number of aromatic nitrogens is 1. The number of benzene rings is 2. The van der Waals surface area contributed by atoms with E-state index >= 15 is 0 Å². The molecule has 0 fully saturated rings. The fraction of sp³-hybridized carbons (Fsp3) is 0.250. The first-order chi connectivity index (χ1) is 16.4. The molecule has 0 aliphatic carbocycles. The van der Waals surface area contributed by atoms with Crippen LogP contribution in [0.4, 0.5) is 0 Å². The summed E-state index contributed by atoms with van der Waals surface area (Å²) in [7, 11) is 4.25. The van der Waals surface area contributed by atoms with Gasteiger partial charge in [0.1, 0.15) is 0 Å². The van der Waals surface area contributed by atoms with Crippen LogP contribution in [0.15, 0.2) is 59.1 Å². The fourth-order valence-electron chi connectivity index (χ4n) is 3.19. The second-order valence-corrected chi connectivity index (χ2v) is 7.14. The highest BCUT2D eigenvalue weighted by Gasteiger charge is 2.21. The van der Waals surface area contributed by atoms with Gasteiger partial charge in [-0.15, -0.1) is 0 Å². The molecule has 2 N–H and O–H groups in total. The van der Waals surface area contributed by atoms with Crippen molar-refractivity contribution < 1.29 is 33.1 Å². The maximum absolute atomic E-state index is 12.6. The summed E-state index contributed by atoms with van der Waals surface area (Å²) in [5.41, 5.74) is 1.41. The fourth-order valence-corrected chi connectivity index (χ4v) is 3.19. The molecule has 2 aromatic carbocycles. The average Bonchev–Trinajstić information content (AvgIpc) is 3.37. The van der Waals surface area contributed by atoms with E-state index in [0.29, 0.717) is 22.8 Å². The maximum atomic E-state index is 12.6. The molecule has 34 heavy (non-hydrogen) atoms. The predicted molar refractivity (Wildman–Crippen MR) is 121 cm³/mol. The Kier molecular flexibility index (Phi) is 8.22.